The van der Waals surface area contributed by atoms with Gasteiger partial charge in [-0.3, -0.25) is 4.79 Å². The Bertz CT molecular complexity index is 4780. The molecule has 694 valence electrons. The molecule has 1 atom stereocenters. The van der Waals surface area contributed by atoms with Crippen molar-refractivity contribution in [2.75, 3.05) is 45.0 Å². The van der Waals surface area contributed by atoms with Gasteiger partial charge in [-0.25, -0.2) is 18.3 Å². The molecule has 0 spiro atoms. The molecule has 1 unspecified atom stereocenters. The molecule has 21 aliphatic rings. The molecule has 0 saturated heterocycles. The Morgan fingerprint density at radius 3 is 1.05 bits per heavy atom. The Morgan fingerprint density at radius 1 is 0.397 bits per heavy atom. The van der Waals surface area contributed by atoms with E-state index >= 15 is 0 Å². The second-order valence-corrected chi connectivity index (χ2v) is 40.6. The van der Waals surface area contributed by atoms with Gasteiger partial charge in [0.25, 0.3) is 0 Å². The molecule has 5 aliphatic carbocycles. The van der Waals surface area contributed by atoms with E-state index in [4.69, 9.17) is 18.9 Å². The molecule has 5 aromatic carbocycles. The third-order valence-electron chi connectivity index (χ3n) is 20.8. The molecule has 0 amide bonds. The topological polar surface area (TPSA) is 81.5 Å². The summed E-state index contributed by atoms with van der Waals surface area (Å²) in [5, 5.41) is 3.74. The molecule has 16 aliphatic heterocycles. The summed E-state index contributed by atoms with van der Waals surface area (Å²) in [6, 6.07) is 57.5. The maximum Gasteiger partial charge on any atom is 0.173 e. The Hall–Kier alpha value is -9.05. The van der Waals surface area contributed by atoms with E-state index in [1.165, 1.54) is 97.2 Å². The Kier molecular flexibility index (Phi) is 29.2. The Labute approximate surface area is 713 Å². The van der Waals surface area contributed by atoms with Crippen molar-refractivity contribution in [2.24, 2.45) is 23.2 Å². The van der Waals surface area contributed by atoms with Gasteiger partial charge in [0.2, 0.25) is 0 Å². The van der Waals surface area contributed by atoms with Crippen LogP contribution in [-0.2, 0) is 51.7 Å². The molecule has 10 nitrogen and oxygen atoms in total. The number of carbonyl (C=O) groups excluding carboxylic acids is 1. The van der Waals surface area contributed by atoms with Crippen molar-refractivity contribution in [3.05, 3.63) is 293 Å². The first-order chi connectivity index (χ1) is 57.6. The van der Waals surface area contributed by atoms with Gasteiger partial charge in [0.15, 0.2) is 75.8 Å². The van der Waals surface area contributed by atoms with Gasteiger partial charge in [-0.15, -0.1) is 0 Å². The average Bonchev–Trinajstić information content (AvgIpc) is 0.749. The van der Waals surface area contributed by atoms with E-state index in [0.717, 1.165) is 86.7 Å². The first kappa shape index (κ1) is 101. The van der Waals surface area contributed by atoms with Crippen molar-refractivity contribution < 1.29 is 143 Å². The predicted octanol–water partition coefficient (Wildman–Crippen LogP) is 30.3. The van der Waals surface area contributed by atoms with Gasteiger partial charge in [0, 0.05) is 88.9 Å². The monoisotopic (exact) mass is 1890 g/mol. The fourth-order valence-corrected chi connectivity index (χ4v) is 15.7. The number of benzene rings is 5. The summed E-state index contributed by atoms with van der Waals surface area (Å²) in [6.45, 7) is 20.7. The van der Waals surface area contributed by atoms with Crippen molar-refractivity contribution in [3.63, 3.8) is 0 Å². The number of allylic oxidation sites excluding steroid dienone is 6. The number of halogens is 24. The minimum absolute atomic E-state index is 0.0231. The van der Waals surface area contributed by atoms with Crippen LogP contribution in [0.2, 0.25) is 0 Å². The number of hydrogen-bond donors (Lipinski definition) is 1. The fraction of sp³-hybridized carbons (Fsp3) is 0.352. The molecule has 4 aromatic heterocycles. The van der Waals surface area contributed by atoms with E-state index in [1.54, 1.807) is 0 Å². The van der Waals surface area contributed by atoms with Crippen LogP contribution in [0.4, 0.5) is 106 Å². The minimum Gasteiger partial charge on any atom is -0.201 e. The molecule has 4 fully saturated rings. The normalized spacial score (nSPS) is 19.9. The number of pyridine rings is 4. The zero-order valence-corrected chi connectivity index (χ0v) is 72.8. The van der Waals surface area contributed by atoms with Crippen LogP contribution >= 0.6 is 31.2 Å². The number of nitrogens with one attached hydrogen (secondary N) is 1. The number of anilines is 1. The summed E-state index contributed by atoms with van der Waals surface area (Å²) in [4.78, 5) is 13.0. The van der Waals surface area contributed by atoms with Crippen LogP contribution in [0.1, 0.15) is 159 Å². The van der Waals surface area contributed by atoms with Gasteiger partial charge >= 0.3 is 138 Å². The standard InChI is InChI=1S/C52H67NO5.C36H32N4.4F6P/c1-35(2)45-29-48(36(3)4)50(49(30-45)37(5)6)34-53-46-16-12-43(13-17-46)41-8-7-9-42(11-10-41)44-14-18-47(19-15-44)57-24-22-55-20-21-56-23-25-58-51(54)52-31-38-26-39(32-52)28-40(27-38)33-52;1-2-30-4-3-29(1)25-37-17-9-33(10-18-37)35-13-21-39(22-14-35)27-31-5-7-32(8-6-31)28-40-23-15-36(16-24-40)34-11-19-38(26-30)20-12-34;4*1-7(2,3,4,5)6/h7-19,29-30,35-41,53H,20-28,31-34H2,1-6H3;1-24H,25-28H2;;;;/q;+4;4*-1. The van der Waals surface area contributed by atoms with Crippen LogP contribution in [0, 0.1) is 23.2 Å². The number of hydrogen-bond acceptors (Lipinski definition) is 6. The predicted molar refractivity (Wildman–Crippen MR) is 445 cm³/mol. The molecular formula is C88H99F24N5O5P4. The van der Waals surface area contributed by atoms with Crippen LogP contribution in [0.15, 0.2) is 238 Å². The molecule has 0 radical (unpaired) electrons. The van der Waals surface area contributed by atoms with Gasteiger partial charge < -0.3 is 24.3 Å². The number of carbonyl (C=O) groups is 1. The third-order valence-corrected chi connectivity index (χ3v) is 20.8. The average molecular weight is 1890 g/mol. The van der Waals surface area contributed by atoms with Crippen LogP contribution in [0.3, 0.4) is 0 Å². The number of aromatic nitrogens is 4. The van der Waals surface area contributed by atoms with Gasteiger partial charge in [0.05, 0.1) is 31.8 Å². The van der Waals surface area contributed by atoms with Crippen molar-refractivity contribution in [1.82, 2.24) is 0 Å². The van der Waals surface area contributed by atoms with E-state index < -0.39 is 31.2 Å². The zero-order valence-electron chi connectivity index (χ0n) is 69.3. The van der Waals surface area contributed by atoms with Gasteiger partial charge in [0.1, 0.15) is 19.0 Å². The van der Waals surface area contributed by atoms with Crippen LogP contribution in [0.25, 0.3) is 27.8 Å². The SMILES string of the molecule is CC(C)c1cc(C(C)C)c(CNc2ccc(C3C=CC=C(c4ccc(OCCOCCOCCOC(=O)C56CC7CC(CC(C7)C5)C6)cc4)C=C3)cc2)c(C(C)C)c1.F[P-](F)(F)(F)(F)F.F[P-](F)(F)(F)(F)F.F[P-](F)(F)(F)(F)F.F[P-](F)(F)(F)(F)F.c1cc2ccc1C[n+]1ccc(cc1)-c1cc[n+](cc1)Cc1ccc(cc1)C[n+]1ccc(cc1)-c1cc[n+](cc1)C2. The zero-order chi connectivity index (χ0) is 93.0. The van der Waals surface area contributed by atoms with Crippen molar-refractivity contribution >= 4 is 48.5 Å². The van der Waals surface area contributed by atoms with Crippen molar-refractivity contribution in [1.29, 1.82) is 0 Å². The first-order valence-corrected chi connectivity index (χ1v) is 48.2. The van der Waals surface area contributed by atoms with E-state index in [1.807, 2.05) is 12.1 Å². The van der Waals surface area contributed by atoms with Gasteiger partial charge in [-0.05, 0) is 160 Å². The van der Waals surface area contributed by atoms with Crippen molar-refractivity contribution in [3.8, 4) is 28.0 Å². The molecule has 30 rings (SSSR count). The Balaban J connectivity index is 0.000000225. The number of ether oxygens (including phenoxy) is 4. The summed E-state index contributed by atoms with van der Waals surface area (Å²) in [5.74, 6) is 4.74. The molecular weight excluding hydrogens is 1790 g/mol. The summed E-state index contributed by atoms with van der Waals surface area (Å²) >= 11 is 0. The molecule has 20 heterocycles. The second kappa shape index (κ2) is 36.5. The molecule has 126 heavy (non-hydrogen) atoms. The summed E-state index contributed by atoms with van der Waals surface area (Å²) in [6.07, 6.45) is 35.5. The van der Waals surface area contributed by atoms with Gasteiger partial charge in [-0.2, -0.15) is 0 Å². The third kappa shape index (κ3) is 40.1. The molecule has 9 aromatic rings. The maximum absolute atomic E-state index is 13.0. The quantitative estimate of drug-likeness (QED) is 0.0286. The maximum atomic E-state index is 13.0. The van der Waals surface area contributed by atoms with Crippen molar-refractivity contribution in [2.45, 2.75) is 136 Å². The van der Waals surface area contributed by atoms with E-state index in [9.17, 15) is 106 Å². The van der Waals surface area contributed by atoms with Crippen LogP contribution in [-0.4, -0.2) is 45.6 Å². The smallest absolute Gasteiger partial charge is 0.173 e. The van der Waals surface area contributed by atoms with E-state index in [-0.39, 0.29) is 17.3 Å². The second-order valence-electron chi connectivity index (χ2n) is 32.9. The molecule has 38 heteroatoms. The number of esters is 1. The Morgan fingerprint density at radius 2 is 0.722 bits per heavy atom. The summed E-state index contributed by atoms with van der Waals surface area (Å²) in [7, 11) is -42.6. The van der Waals surface area contributed by atoms with E-state index in [0.29, 0.717) is 57.4 Å². The fourth-order valence-electron chi connectivity index (χ4n) is 15.7. The van der Waals surface area contributed by atoms with Crippen LogP contribution in [0.5, 0.6) is 5.75 Å². The first-order valence-electron chi connectivity index (χ1n) is 40.1. The molecule has 16 bridgehead atoms. The van der Waals surface area contributed by atoms with Crippen LogP contribution < -0.4 is 28.3 Å². The molecule has 4 saturated carbocycles. The minimum atomic E-state index is -10.7. The summed E-state index contributed by atoms with van der Waals surface area (Å²) < 4.78 is 269. The van der Waals surface area contributed by atoms with Gasteiger partial charge in [-0.1, -0.05) is 157 Å². The molecule has 1 N–H and O–H groups in total. The van der Waals surface area contributed by atoms with E-state index in [2.05, 4.69) is 291 Å². The largest absolute Gasteiger partial charge is 0.201 e. The number of nitrogens with zero attached hydrogens (tertiary/aromatic N) is 4. The number of rotatable bonds is 19. The summed E-state index contributed by atoms with van der Waals surface area (Å²) in [5.41, 5.74) is 20.4.